The Morgan fingerprint density at radius 3 is 2.70 bits per heavy atom. The lowest BCUT2D eigenvalue weighted by Gasteiger charge is -2.60. The topological polar surface area (TPSA) is 92.7 Å². The van der Waals surface area contributed by atoms with Crippen LogP contribution in [0.3, 0.4) is 0 Å². The summed E-state index contributed by atoms with van der Waals surface area (Å²) in [5.74, 6) is 0.971. The molecule has 5 aliphatic rings. The largest absolute Gasteiger partial charge is 0.508 e. The summed E-state index contributed by atoms with van der Waals surface area (Å²) in [5, 5.41) is 9.41. The zero-order valence-corrected chi connectivity index (χ0v) is 23.3. The molecule has 8 atom stereocenters. The van der Waals surface area contributed by atoms with Crippen LogP contribution in [0.1, 0.15) is 62.4 Å². The van der Waals surface area contributed by atoms with Gasteiger partial charge >= 0.3 is 0 Å². The molecule has 8 heteroatoms. The Balaban J connectivity index is 1.05. The van der Waals surface area contributed by atoms with Crippen LogP contribution in [0.5, 0.6) is 11.5 Å². The van der Waals surface area contributed by atoms with E-state index >= 15 is 0 Å². The van der Waals surface area contributed by atoms with Gasteiger partial charge in [0.25, 0.3) is 0 Å². The first-order valence-electron chi connectivity index (χ1n) is 14.3. The fourth-order valence-electron chi connectivity index (χ4n) is 6.98. The summed E-state index contributed by atoms with van der Waals surface area (Å²) in [5.41, 5.74) is 0.752. The van der Waals surface area contributed by atoms with Gasteiger partial charge in [-0.15, -0.1) is 0 Å². The number of hydrogen-bond acceptors (Lipinski definition) is 8. The highest BCUT2D eigenvalue weighted by Crippen LogP contribution is 2.60. The number of allylic oxidation sites excluding steroid dienone is 1. The summed E-state index contributed by atoms with van der Waals surface area (Å²) >= 11 is 0. The van der Waals surface area contributed by atoms with Gasteiger partial charge in [-0.25, -0.2) is 9.78 Å². The van der Waals surface area contributed by atoms with Crippen molar-refractivity contribution < 1.29 is 38.6 Å². The average Bonchev–Trinajstić information content (AvgIpc) is 3.19. The first kappa shape index (κ1) is 27.4. The van der Waals surface area contributed by atoms with Gasteiger partial charge in [0.1, 0.15) is 18.1 Å². The van der Waals surface area contributed by atoms with Crippen LogP contribution in [0.2, 0.25) is 0 Å². The molecule has 4 saturated heterocycles. The van der Waals surface area contributed by atoms with Crippen LogP contribution >= 0.6 is 0 Å². The zero-order chi connectivity index (χ0) is 27.9. The molecular formula is C32H38O8. The number of rotatable bonds is 8. The minimum atomic E-state index is -0.812. The first-order valence-corrected chi connectivity index (χ1v) is 14.3. The molecule has 5 fully saturated rings. The highest BCUT2D eigenvalue weighted by molar-refractivity contribution is 6.07. The van der Waals surface area contributed by atoms with Gasteiger partial charge in [0.05, 0.1) is 6.61 Å². The second-order valence-corrected chi connectivity index (χ2v) is 11.8. The van der Waals surface area contributed by atoms with E-state index in [2.05, 4.69) is 13.8 Å². The molecule has 1 saturated carbocycles. The maximum Gasteiger partial charge on any atom is 0.201 e. The van der Waals surface area contributed by atoms with Gasteiger partial charge in [-0.3, -0.25) is 4.79 Å². The summed E-state index contributed by atoms with van der Waals surface area (Å²) in [7, 11) is 0. The summed E-state index contributed by atoms with van der Waals surface area (Å²) < 4.78 is 25.0. The zero-order valence-electron chi connectivity index (χ0n) is 23.3. The van der Waals surface area contributed by atoms with E-state index in [1.54, 1.807) is 48.5 Å². The van der Waals surface area contributed by atoms with Crippen LogP contribution in [0.25, 0.3) is 6.08 Å². The number of fused-ring (bicyclic) bond motifs is 2. The Bertz CT molecular complexity index is 1240. The smallest absolute Gasteiger partial charge is 0.201 e. The third kappa shape index (κ3) is 5.08. The molecule has 40 heavy (non-hydrogen) atoms. The summed E-state index contributed by atoms with van der Waals surface area (Å²) in [4.78, 5) is 24.7. The van der Waals surface area contributed by atoms with Crippen molar-refractivity contribution in [3.63, 3.8) is 0 Å². The lowest BCUT2D eigenvalue weighted by atomic mass is 9.58. The van der Waals surface area contributed by atoms with E-state index in [1.807, 2.05) is 13.0 Å². The van der Waals surface area contributed by atoms with Gasteiger partial charge in [-0.1, -0.05) is 44.2 Å². The van der Waals surface area contributed by atoms with Gasteiger partial charge in [0.15, 0.2) is 24.0 Å². The second-order valence-electron chi connectivity index (χ2n) is 11.8. The number of hydrogen-bond donors (Lipinski definition) is 1. The molecule has 7 rings (SSSR count). The minimum absolute atomic E-state index is 0.0993. The van der Waals surface area contributed by atoms with Gasteiger partial charge in [-0.2, -0.15) is 0 Å². The summed E-state index contributed by atoms with van der Waals surface area (Å²) in [6, 6.07) is 13.8. The molecule has 0 unspecified atom stereocenters. The molecule has 4 heterocycles. The maximum absolute atomic E-state index is 12.7. The van der Waals surface area contributed by atoms with E-state index in [-0.39, 0.29) is 23.4 Å². The van der Waals surface area contributed by atoms with E-state index in [4.69, 9.17) is 28.7 Å². The van der Waals surface area contributed by atoms with Crippen LogP contribution in [-0.4, -0.2) is 48.1 Å². The molecule has 0 radical (unpaired) electrons. The molecule has 0 aromatic heterocycles. The first-order chi connectivity index (χ1) is 19.3. The number of phenolic OH excluding ortho intramolecular Hbond substituents is 1. The van der Waals surface area contributed by atoms with Crippen molar-refractivity contribution in [2.24, 2.45) is 23.7 Å². The van der Waals surface area contributed by atoms with Crippen molar-refractivity contribution in [3.8, 4) is 11.5 Å². The van der Waals surface area contributed by atoms with Crippen molar-refractivity contribution in [3.05, 3.63) is 65.7 Å². The molecule has 1 N–H and O–H groups in total. The van der Waals surface area contributed by atoms with E-state index in [9.17, 15) is 9.90 Å². The normalized spacial score (nSPS) is 36.7. The molecule has 4 aliphatic heterocycles. The highest BCUT2D eigenvalue weighted by atomic mass is 17.3. The molecule has 2 aromatic carbocycles. The third-order valence-corrected chi connectivity index (χ3v) is 9.17. The third-order valence-electron chi connectivity index (χ3n) is 9.17. The number of carbonyl (C=O) groups is 1. The van der Waals surface area contributed by atoms with Crippen LogP contribution in [0.4, 0.5) is 0 Å². The molecule has 2 bridgehead atoms. The Morgan fingerprint density at radius 1 is 1.05 bits per heavy atom. The summed E-state index contributed by atoms with van der Waals surface area (Å²) in [6.07, 6.45) is 6.18. The quantitative estimate of drug-likeness (QED) is 0.188. The monoisotopic (exact) mass is 550 g/mol. The number of aromatic hydroxyl groups is 1. The van der Waals surface area contributed by atoms with E-state index in [0.29, 0.717) is 36.4 Å². The van der Waals surface area contributed by atoms with Crippen molar-refractivity contribution in [1.82, 2.24) is 0 Å². The molecule has 1 spiro atoms. The summed E-state index contributed by atoms with van der Waals surface area (Å²) in [6.45, 7) is 7.03. The van der Waals surface area contributed by atoms with Crippen LogP contribution < -0.4 is 4.74 Å². The Hall–Kier alpha value is -2.75. The van der Waals surface area contributed by atoms with Crippen molar-refractivity contribution in [2.45, 2.75) is 70.4 Å². The van der Waals surface area contributed by atoms with Crippen molar-refractivity contribution in [2.75, 3.05) is 13.2 Å². The van der Waals surface area contributed by atoms with Gasteiger partial charge in [0.2, 0.25) is 5.79 Å². The van der Waals surface area contributed by atoms with Crippen LogP contribution in [0, 0.1) is 23.7 Å². The van der Waals surface area contributed by atoms with Crippen LogP contribution in [0.15, 0.2) is 54.6 Å². The highest BCUT2D eigenvalue weighted by Gasteiger charge is 2.69. The molecule has 8 nitrogen and oxygen atoms in total. The fourth-order valence-corrected chi connectivity index (χ4v) is 6.98. The molecule has 0 amide bonds. The van der Waals surface area contributed by atoms with Gasteiger partial charge < -0.3 is 24.1 Å². The van der Waals surface area contributed by atoms with Crippen LogP contribution in [-0.2, 0) is 24.0 Å². The Morgan fingerprint density at radius 2 is 1.88 bits per heavy atom. The standard InChI is InChI=1S/C32H38O8/c1-20-7-13-27-21(2)29(37-30-32(27)26(20)15-16-31(3,38-30)39-40-32)36-18-17-35-25-6-4-5-23(19-25)28(34)14-10-22-8-11-24(33)12-9-22/h4-6,8-12,14,19-21,26-27,29-30,33H,7,13,15-18H2,1-3H3/b14-10+/t20-,21-,26+,27+,29+,30-,31-,32-/m1/s1. The number of ether oxygens (including phenoxy) is 4. The van der Waals surface area contributed by atoms with Crippen molar-refractivity contribution in [1.29, 1.82) is 0 Å². The lowest BCUT2D eigenvalue weighted by molar-refractivity contribution is -0.577. The Kier molecular flexibility index (Phi) is 7.48. The van der Waals surface area contributed by atoms with Gasteiger partial charge in [0, 0.05) is 23.8 Å². The predicted molar refractivity (Wildman–Crippen MR) is 146 cm³/mol. The lowest BCUT2D eigenvalue weighted by Crippen LogP contribution is -2.70. The average molecular weight is 551 g/mol. The van der Waals surface area contributed by atoms with Gasteiger partial charge in [-0.05, 0) is 73.9 Å². The molecule has 1 aliphatic carbocycles. The minimum Gasteiger partial charge on any atom is -0.508 e. The predicted octanol–water partition coefficient (Wildman–Crippen LogP) is 5.89. The Labute approximate surface area is 235 Å². The number of benzene rings is 2. The number of phenols is 1. The maximum atomic E-state index is 12.7. The SMILES string of the molecule is C[C@H]1[C@@H](OCCOc2cccc(C(=O)/C=C/c3ccc(O)cc3)c2)O[C@@H]2O[C@@]3(C)CC[C@H]4[C@H](C)CC[C@@H]1[C@@]24OO3. The van der Waals surface area contributed by atoms with E-state index in [1.165, 1.54) is 6.08 Å². The second kappa shape index (κ2) is 10.9. The number of ketones is 1. The van der Waals surface area contributed by atoms with E-state index < -0.39 is 24.0 Å². The van der Waals surface area contributed by atoms with Crippen molar-refractivity contribution >= 4 is 11.9 Å². The molecule has 2 aromatic rings. The van der Waals surface area contributed by atoms with E-state index in [0.717, 1.165) is 31.2 Å². The fraction of sp³-hybridized carbons (Fsp3) is 0.531. The molecular weight excluding hydrogens is 512 g/mol. The number of carbonyl (C=O) groups excluding carboxylic acids is 1. The molecule has 214 valence electrons.